The van der Waals surface area contributed by atoms with Crippen molar-refractivity contribution in [2.45, 2.75) is 31.3 Å². The molecule has 0 unspecified atom stereocenters. The van der Waals surface area contributed by atoms with E-state index in [9.17, 15) is 14.4 Å². The molecule has 3 aliphatic heterocycles. The van der Waals surface area contributed by atoms with Gasteiger partial charge in [-0.15, -0.1) is 0 Å². The number of carbonyl (C=O) groups excluding carboxylic acids is 3. The molecule has 2 saturated heterocycles. The zero-order valence-corrected chi connectivity index (χ0v) is 20.3. The molecule has 5 heterocycles. The SMILES string of the molecule is N#Cc1ccc(N2CCc3cc(Oc4ccc(N5CCCC56C(=O)NC(=O)NC6=O)cn4)ccc3C2)nc1. The van der Waals surface area contributed by atoms with Crippen molar-refractivity contribution in [1.82, 2.24) is 20.6 Å². The Hall–Kier alpha value is -4.98. The molecule has 6 rings (SSSR count). The number of nitriles is 1. The maximum absolute atomic E-state index is 12.7. The second-order valence-corrected chi connectivity index (χ2v) is 9.43. The third-order valence-electron chi connectivity index (χ3n) is 7.23. The normalized spacial score (nSPS) is 18.0. The van der Waals surface area contributed by atoms with Gasteiger partial charge in [-0.05, 0) is 60.7 Å². The Morgan fingerprint density at radius 1 is 0.947 bits per heavy atom. The van der Waals surface area contributed by atoms with Gasteiger partial charge in [-0.3, -0.25) is 20.2 Å². The van der Waals surface area contributed by atoms with Crippen LogP contribution in [0.15, 0.2) is 54.9 Å². The van der Waals surface area contributed by atoms with Crippen LogP contribution in [0.1, 0.15) is 29.5 Å². The molecular formula is C27H23N7O4. The van der Waals surface area contributed by atoms with E-state index in [1.807, 2.05) is 24.3 Å². The number of aromatic nitrogens is 2. The molecule has 2 aromatic heterocycles. The van der Waals surface area contributed by atoms with Gasteiger partial charge < -0.3 is 14.5 Å². The maximum atomic E-state index is 12.7. The number of amides is 4. The average molecular weight is 510 g/mol. The largest absolute Gasteiger partial charge is 0.439 e. The summed E-state index contributed by atoms with van der Waals surface area (Å²) in [6.07, 6.45) is 4.92. The molecule has 1 spiro atoms. The van der Waals surface area contributed by atoms with Crippen molar-refractivity contribution >= 4 is 29.4 Å². The fourth-order valence-corrected chi connectivity index (χ4v) is 5.33. The lowest BCUT2D eigenvalue weighted by atomic mass is 9.92. The third kappa shape index (κ3) is 3.96. The van der Waals surface area contributed by atoms with Gasteiger partial charge >= 0.3 is 6.03 Å². The number of rotatable bonds is 4. The van der Waals surface area contributed by atoms with Gasteiger partial charge in [-0.25, -0.2) is 14.8 Å². The van der Waals surface area contributed by atoms with Crippen LogP contribution in [0.4, 0.5) is 16.3 Å². The number of nitrogens with zero attached hydrogens (tertiary/aromatic N) is 5. The maximum Gasteiger partial charge on any atom is 0.328 e. The summed E-state index contributed by atoms with van der Waals surface area (Å²) in [7, 11) is 0. The Kier molecular flexibility index (Phi) is 5.64. The molecule has 4 amide bonds. The Labute approximate surface area is 218 Å². The number of ether oxygens (including phenoxy) is 1. The van der Waals surface area contributed by atoms with E-state index in [0.717, 1.165) is 18.8 Å². The minimum Gasteiger partial charge on any atom is -0.439 e. The molecule has 0 radical (unpaired) electrons. The van der Waals surface area contributed by atoms with E-state index >= 15 is 0 Å². The number of hydrogen-bond acceptors (Lipinski definition) is 9. The molecule has 0 bridgehead atoms. The number of carbonyl (C=O) groups is 3. The number of imide groups is 2. The molecular weight excluding hydrogens is 486 g/mol. The number of nitrogens with one attached hydrogen (secondary N) is 2. The lowest BCUT2D eigenvalue weighted by Crippen LogP contribution is -2.71. The van der Waals surface area contributed by atoms with Crippen molar-refractivity contribution in [2.24, 2.45) is 0 Å². The summed E-state index contributed by atoms with van der Waals surface area (Å²) in [5.74, 6) is 0.650. The Balaban J connectivity index is 1.15. The molecule has 0 saturated carbocycles. The molecule has 38 heavy (non-hydrogen) atoms. The van der Waals surface area contributed by atoms with Gasteiger partial charge in [0.25, 0.3) is 11.8 Å². The standard InChI is InChI=1S/C27H23N7O4/c28-13-17-2-6-22(29-14-17)33-11-8-18-12-21(5-3-19(18)16-33)38-23-7-4-20(15-30-23)34-10-1-9-27(34)24(35)31-26(37)32-25(27)36/h2-7,12,14-15H,1,8-11,16H2,(H2,31,32,35,36,37). The summed E-state index contributed by atoms with van der Waals surface area (Å²) >= 11 is 0. The first-order valence-corrected chi connectivity index (χ1v) is 12.3. The van der Waals surface area contributed by atoms with Gasteiger partial charge in [0.1, 0.15) is 17.6 Å². The van der Waals surface area contributed by atoms with E-state index in [2.05, 4.69) is 31.6 Å². The smallest absolute Gasteiger partial charge is 0.328 e. The summed E-state index contributed by atoms with van der Waals surface area (Å²) in [4.78, 5) is 49.6. The van der Waals surface area contributed by atoms with Gasteiger partial charge in [-0.1, -0.05) is 6.07 Å². The Bertz CT molecular complexity index is 1460. The minimum atomic E-state index is -1.46. The molecule has 3 aliphatic rings. The highest BCUT2D eigenvalue weighted by Crippen LogP contribution is 2.36. The average Bonchev–Trinajstić information content (AvgIpc) is 3.38. The van der Waals surface area contributed by atoms with Crippen LogP contribution in [-0.4, -0.2) is 46.4 Å². The minimum absolute atomic E-state index is 0.310. The van der Waals surface area contributed by atoms with Gasteiger partial charge in [0, 0.05) is 31.9 Å². The third-order valence-corrected chi connectivity index (χ3v) is 7.23. The summed E-state index contributed by atoms with van der Waals surface area (Å²) in [5, 5.41) is 13.4. The second kappa shape index (κ2) is 9.15. The van der Waals surface area contributed by atoms with E-state index in [1.165, 1.54) is 11.1 Å². The van der Waals surface area contributed by atoms with Crippen LogP contribution >= 0.6 is 0 Å². The highest BCUT2D eigenvalue weighted by molar-refractivity contribution is 6.24. The van der Waals surface area contributed by atoms with E-state index < -0.39 is 23.4 Å². The predicted octanol–water partition coefficient (Wildman–Crippen LogP) is 2.41. The quantitative estimate of drug-likeness (QED) is 0.507. The lowest BCUT2D eigenvalue weighted by Gasteiger charge is -2.38. The van der Waals surface area contributed by atoms with Crippen LogP contribution in [0.2, 0.25) is 0 Å². The van der Waals surface area contributed by atoms with Crippen molar-refractivity contribution in [3.63, 3.8) is 0 Å². The first kappa shape index (κ1) is 23.4. The molecule has 11 nitrogen and oxygen atoms in total. The summed E-state index contributed by atoms with van der Waals surface area (Å²) in [5.41, 5.74) is 2.04. The van der Waals surface area contributed by atoms with E-state index in [0.29, 0.717) is 48.8 Å². The number of fused-ring (bicyclic) bond motifs is 1. The number of anilines is 2. The predicted molar refractivity (Wildman–Crippen MR) is 135 cm³/mol. The van der Waals surface area contributed by atoms with E-state index in [-0.39, 0.29) is 0 Å². The van der Waals surface area contributed by atoms with Gasteiger partial charge in [0.2, 0.25) is 5.88 Å². The highest BCUT2D eigenvalue weighted by Gasteiger charge is 2.57. The van der Waals surface area contributed by atoms with E-state index in [1.54, 1.807) is 35.5 Å². The fraction of sp³-hybridized carbons (Fsp3) is 0.259. The van der Waals surface area contributed by atoms with Crippen molar-refractivity contribution in [3.05, 3.63) is 71.5 Å². The molecule has 190 valence electrons. The van der Waals surface area contributed by atoms with Crippen LogP contribution in [0.25, 0.3) is 0 Å². The Morgan fingerprint density at radius 2 is 1.79 bits per heavy atom. The van der Waals surface area contributed by atoms with Crippen LogP contribution in [0.5, 0.6) is 11.6 Å². The fourth-order valence-electron chi connectivity index (χ4n) is 5.33. The molecule has 0 atom stereocenters. The highest BCUT2D eigenvalue weighted by atomic mass is 16.5. The summed E-state index contributed by atoms with van der Waals surface area (Å²) < 4.78 is 6.00. The monoisotopic (exact) mass is 509 g/mol. The van der Waals surface area contributed by atoms with Crippen molar-refractivity contribution in [1.29, 1.82) is 5.26 Å². The number of pyridine rings is 2. The van der Waals surface area contributed by atoms with Crippen LogP contribution < -0.4 is 25.2 Å². The van der Waals surface area contributed by atoms with Gasteiger partial charge in [-0.2, -0.15) is 5.26 Å². The van der Waals surface area contributed by atoms with Gasteiger partial charge in [0.05, 0.1) is 17.4 Å². The zero-order chi connectivity index (χ0) is 26.3. The van der Waals surface area contributed by atoms with Crippen molar-refractivity contribution in [2.75, 3.05) is 22.9 Å². The summed E-state index contributed by atoms with van der Waals surface area (Å²) in [6.45, 7) is 2.00. The van der Waals surface area contributed by atoms with Crippen LogP contribution in [-0.2, 0) is 22.6 Å². The molecule has 3 aromatic rings. The van der Waals surface area contributed by atoms with Gasteiger partial charge in [0.15, 0.2) is 5.54 Å². The van der Waals surface area contributed by atoms with Crippen molar-refractivity contribution in [3.8, 4) is 17.7 Å². The molecule has 0 aliphatic carbocycles. The first-order valence-electron chi connectivity index (χ1n) is 12.3. The second-order valence-electron chi connectivity index (χ2n) is 9.43. The molecule has 1 aromatic carbocycles. The summed E-state index contributed by atoms with van der Waals surface area (Å²) in [6, 6.07) is 14.3. The number of urea groups is 1. The first-order chi connectivity index (χ1) is 18.5. The molecule has 2 fully saturated rings. The molecule has 11 heteroatoms. The Morgan fingerprint density at radius 3 is 2.50 bits per heavy atom. The van der Waals surface area contributed by atoms with Crippen LogP contribution in [0.3, 0.4) is 0 Å². The van der Waals surface area contributed by atoms with E-state index in [4.69, 9.17) is 10.00 Å². The number of hydrogen-bond donors (Lipinski definition) is 2. The zero-order valence-electron chi connectivity index (χ0n) is 20.3. The number of benzene rings is 1. The topological polar surface area (TPSA) is 141 Å². The number of barbiturate groups is 1. The molecule has 2 N–H and O–H groups in total. The lowest BCUT2D eigenvalue weighted by molar-refractivity contribution is -0.137. The van der Waals surface area contributed by atoms with Crippen LogP contribution in [0, 0.1) is 11.3 Å². The van der Waals surface area contributed by atoms with Crippen molar-refractivity contribution < 1.29 is 19.1 Å².